The summed E-state index contributed by atoms with van der Waals surface area (Å²) in [6.45, 7) is -1.21. The fourth-order valence-corrected chi connectivity index (χ4v) is 19.7. The van der Waals surface area contributed by atoms with Gasteiger partial charge < -0.3 is 303 Å². The quantitative estimate of drug-likeness (QED) is 0.0280. The van der Waals surface area contributed by atoms with Crippen molar-refractivity contribution >= 4 is 17.7 Å². The largest absolute Gasteiger partial charge is 0.394 e. The molecule has 0 aromatic rings. The normalized spacial score (nSPS) is 52.6. The van der Waals surface area contributed by atoms with E-state index >= 15 is 0 Å². The van der Waals surface area contributed by atoms with E-state index in [1.54, 1.807) is 0 Å². The van der Waals surface area contributed by atoms with Gasteiger partial charge in [-0.1, -0.05) is 0 Å². The summed E-state index contributed by atoms with van der Waals surface area (Å²) in [6, 6.07) is -6.43. The first-order valence-corrected chi connectivity index (χ1v) is 48.0. The van der Waals surface area contributed by atoms with Gasteiger partial charge in [0, 0.05) is 20.8 Å². The van der Waals surface area contributed by atoms with Crippen molar-refractivity contribution in [2.45, 2.75) is 454 Å². The standard InChI is InChI=1S/C84H141N3O61/c1-17-36(98)45(107)54(116)76(125-17)142-65-33(85-22(6)95)73(134-29(13-92)62(65)139-81-59(121)68(43(105)27(11-90)131-81)145-74-34(86-23(7)96)66(143-77-55(117)46(108)37(99)18(2)126-77)63(30(14-93)135-74)140-83-70(50(112)41(103)25(9-88)132-83)147-79-57(119)48(110)39(101)20(4)128-79)124-16-32-44(106)69(60(122)82(137-32)138-61-28(12-91)130-72(123)53(115)52(61)114)146-75-35(87-24(8)97)67(144-78-56(118)47(109)38(100)19(3)127-78)64(31(15-94)136-75)141-84-71(51(113)42(104)26(10-89)133-84)148-80-58(120)49(111)40(102)21(5)129-80/h17-21,25-84,88-94,98-123H,9-16H2,1-8H3,(H,85,95)(H,86,96)(H,87,97)/t17-,18-,19-,20-,21-,25+,26+,27+,28+,29+,30+,31+,32+,33+,34+,35+,36+,37+,38+,39+,40+,41-,42-,43-,44-,45+,46+,47+,48+,49+,50-,51-,52+,53+,54-,55-,56-,57-,58-,59+,60+,61+,62+,63+,64+,65+,66+,67+,68-,69-,70+,71+,72?,73+,74-,75-,76-,77-,78-,79-,80-,81-,82-,83-,84-/m0/s1. The molecule has 1 unspecified atom stereocenters. The van der Waals surface area contributed by atoms with E-state index in [9.17, 15) is 183 Å². The van der Waals surface area contributed by atoms with Gasteiger partial charge in [0.1, 0.15) is 287 Å². The zero-order valence-corrected chi connectivity index (χ0v) is 80.4. The topological polar surface area (TPSA) is 986 Å². The van der Waals surface area contributed by atoms with Crippen molar-refractivity contribution in [1.29, 1.82) is 0 Å². The molecule has 0 aromatic carbocycles. The molecule has 0 bridgehead atoms. The molecule has 148 heavy (non-hydrogen) atoms. The number of nitrogens with one attached hydrogen (secondary N) is 3. The molecule has 0 aromatic heterocycles. The van der Waals surface area contributed by atoms with Crippen LogP contribution in [0.5, 0.6) is 0 Å². The predicted molar refractivity (Wildman–Crippen MR) is 455 cm³/mol. The molecule has 64 heteroatoms. The average Bonchev–Trinajstić information content (AvgIpc) is 0.747. The van der Waals surface area contributed by atoms with Crippen molar-refractivity contribution in [2.24, 2.45) is 0 Å². The number of carbonyl (C=O) groups excluding carboxylic acids is 3. The Kier molecular flexibility index (Phi) is 42.4. The lowest BCUT2D eigenvalue weighted by atomic mass is 9.93. The minimum absolute atomic E-state index is 0.878. The van der Waals surface area contributed by atoms with Crippen LogP contribution in [-0.4, -0.2) is 638 Å². The average molecular weight is 2170 g/mol. The van der Waals surface area contributed by atoms with Crippen molar-refractivity contribution in [1.82, 2.24) is 16.0 Å². The molecule has 13 rings (SSSR count). The summed E-state index contributed by atoms with van der Waals surface area (Å²) in [5.41, 5.74) is 0. The minimum Gasteiger partial charge on any atom is -0.394 e. The maximum atomic E-state index is 14.0. The lowest BCUT2D eigenvalue weighted by Crippen LogP contribution is -2.72. The number of aliphatic hydroxyl groups excluding tert-OH is 33. The first kappa shape index (κ1) is 121. The van der Waals surface area contributed by atoms with E-state index in [4.69, 9.17) is 118 Å². The molecule has 0 spiro atoms. The molecule has 13 saturated heterocycles. The number of aliphatic hydroxyl groups is 33. The molecule has 0 radical (unpaired) electrons. The van der Waals surface area contributed by atoms with Gasteiger partial charge in [0.05, 0.1) is 83.4 Å². The highest BCUT2D eigenvalue weighted by atomic mass is 16.8. The van der Waals surface area contributed by atoms with Crippen LogP contribution in [0.2, 0.25) is 0 Å². The number of carbonyl (C=O) groups is 3. The molecule has 13 aliphatic rings. The Balaban J connectivity index is 0.838. The van der Waals surface area contributed by atoms with Crippen LogP contribution in [0.4, 0.5) is 0 Å². The molecule has 3 amide bonds. The summed E-state index contributed by atoms with van der Waals surface area (Å²) in [4.78, 5) is 41.6. The molecule has 13 fully saturated rings. The summed E-state index contributed by atoms with van der Waals surface area (Å²) in [7, 11) is 0. The van der Waals surface area contributed by atoms with Crippen molar-refractivity contribution in [3.8, 4) is 0 Å². The Labute approximate surface area is 839 Å². The van der Waals surface area contributed by atoms with Gasteiger partial charge in [-0.15, -0.1) is 0 Å². The summed E-state index contributed by atoms with van der Waals surface area (Å²) >= 11 is 0. The SMILES string of the molecule is CC(=O)N[C@H]1[C@H](OC[C@H]2O[C@@H](O[C@H]3[C@H](O)[C@@H](O)C(O)O[C@@H]3CO)[C@H](O)[C@@H](O[C@@H]3O[C@H](CO)[C@@H](O[C@@H]4O[C@H](CO)[C@H](O)[C@H](O)[C@H]4O[C@@H]4O[C@@H](C)[C@@H](O)[C@@H](O)[C@@H]4O)[C@H](O[C@@H]4O[C@@H](C)[C@@H](O)[C@@H](O)[C@@H]4O)[C@H]3NC(C)=O)[C@H]2O)O[C@H](CO)[C@@H](O[C@@H]2O[C@H](CO)[C@H](O)[C@H](O[C@@H]3O[C@H](CO)[C@@H](O[C@@H]4O[C@H](CO)[C@H](O)[C@H](O)[C@H]4O[C@@H]4O[C@@H](C)[C@@H](O)[C@@H](O)[C@@H]4O)[C@H](O[C@@H]4O[C@@H](C)[C@@H](O)[C@@H](O)[C@@H]4O)[C@H]3NC(C)=O)[C@H]2O)[C@@H]1O[C@@H]1O[C@@H](C)[C@@H](O)[C@@H](O)[C@@H]1O. The van der Waals surface area contributed by atoms with E-state index in [0.717, 1.165) is 20.8 Å². The van der Waals surface area contributed by atoms with Crippen LogP contribution in [0, 0.1) is 0 Å². The number of hydrogen-bond acceptors (Lipinski definition) is 61. The predicted octanol–water partition coefficient (Wildman–Crippen LogP) is -23.8. The molecule has 13 aliphatic heterocycles. The first-order chi connectivity index (χ1) is 69.9. The highest BCUT2D eigenvalue weighted by molar-refractivity contribution is 5.74. The number of ether oxygens (including phenoxy) is 25. The Morgan fingerprint density at radius 1 is 0.189 bits per heavy atom. The molecule has 0 saturated carbocycles. The molecule has 13 heterocycles. The lowest BCUT2D eigenvalue weighted by Gasteiger charge is -2.52. The summed E-state index contributed by atoms with van der Waals surface area (Å²) < 4.78 is 153. The molecule has 858 valence electrons. The third kappa shape index (κ3) is 25.8. The summed E-state index contributed by atoms with van der Waals surface area (Å²) in [5, 5.41) is 381. The maximum Gasteiger partial charge on any atom is 0.217 e. The highest BCUT2D eigenvalue weighted by Crippen LogP contribution is 2.45. The number of hydrogen-bond donors (Lipinski definition) is 36. The maximum absolute atomic E-state index is 14.0. The van der Waals surface area contributed by atoms with Crippen LogP contribution in [-0.2, 0) is 133 Å². The van der Waals surface area contributed by atoms with E-state index in [0.29, 0.717) is 0 Å². The van der Waals surface area contributed by atoms with Gasteiger partial charge in [0.15, 0.2) is 81.8 Å². The zero-order chi connectivity index (χ0) is 109. The van der Waals surface area contributed by atoms with Crippen LogP contribution in [0.3, 0.4) is 0 Å². The molecular formula is C84H141N3O61. The van der Waals surface area contributed by atoms with Crippen LogP contribution in [0.15, 0.2) is 0 Å². The fourth-order valence-electron chi connectivity index (χ4n) is 19.7. The number of rotatable bonds is 35. The lowest BCUT2D eigenvalue weighted by molar-refractivity contribution is -0.404. The molecular weight excluding hydrogens is 2030 g/mol. The van der Waals surface area contributed by atoms with Gasteiger partial charge in [0.2, 0.25) is 17.7 Å². The van der Waals surface area contributed by atoms with Gasteiger partial charge in [-0.3, -0.25) is 14.4 Å². The number of amides is 3. The van der Waals surface area contributed by atoms with Gasteiger partial charge in [-0.2, -0.15) is 0 Å². The molecule has 36 N–H and O–H groups in total. The van der Waals surface area contributed by atoms with Gasteiger partial charge in [-0.25, -0.2) is 0 Å². The Morgan fingerprint density at radius 3 is 0.709 bits per heavy atom. The van der Waals surface area contributed by atoms with Gasteiger partial charge in [0.25, 0.3) is 0 Å². The van der Waals surface area contributed by atoms with E-state index in [2.05, 4.69) is 16.0 Å². The zero-order valence-electron chi connectivity index (χ0n) is 80.4. The smallest absolute Gasteiger partial charge is 0.217 e. The van der Waals surface area contributed by atoms with Crippen molar-refractivity contribution in [3.63, 3.8) is 0 Å². The van der Waals surface area contributed by atoms with Gasteiger partial charge in [-0.05, 0) is 34.6 Å². The Morgan fingerprint density at radius 2 is 0.405 bits per heavy atom. The van der Waals surface area contributed by atoms with Crippen LogP contribution in [0.25, 0.3) is 0 Å². The third-order valence-electron chi connectivity index (χ3n) is 28.2. The van der Waals surface area contributed by atoms with Crippen molar-refractivity contribution in [3.05, 3.63) is 0 Å². The fraction of sp³-hybridized carbons (Fsp3) is 0.964. The van der Waals surface area contributed by atoms with Crippen LogP contribution in [0.1, 0.15) is 55.4 Å². The second-order valence-electron chi connectivity index (χ2n) is 38.6. The molecule has 0 aliphatic carbocycles. The Bertz CT molecular complexity index is 4110. The van der Waals surface area contributed by atoms with Crippen LogP contribution >= 0.6 is 0 Å². The second kappa shape index (κ2) is 51.8. The van der Waals surface area contributed by atoms with E-state index in [1.165, 1.54) is 34.6 Å². The van der Waals surface area contributed by atoms with E-state index < -0.39 is 470 Å². The Hall–Kier alpha value is -3.91. The van der Waals surface area contributed by atoms with E-state index in [-0.39, 0.29) is 0 Å². The van der Waals surface area contributed by atoms with Crippen molar-refractivity contribution < 1.29 is 301 Å². The monoisotopic (exact) mass is 2170 g/mol. The van der Waals surface area contributed by atoms with Crippen LogP contribution < -0.4 is 16.0 Å². The first-order valence-electron chi connectivity index (χ1n) is 48.0. The van der Waals surface area contributed by atoms with Gasteiger partial charge >= 0.3 is 0 Å². The van der Waals surface area contributed by atoms with Crippen molar-refractivity contribution in [2.75, 3.05) is 52.9 Å². The molecule has 65 atom stereocenters. The van der Waals surface area contributed by atoms with E-state index in [1.807, 2.05) is 0 Å². The summed E-state index contributed by atoms with van der Waals surface area (Å²) in [5.74, 6) is -3.23. The minimum atomic E-state index is -2.61. The second-order valence-corrected chi connectivity index (χ2v) is 38.6. The molecule has 64 nitrogen and oxygen atoms in total. The third-order valence-corrected chi connectivity index (χ3v) is 28.2. The summed E-state index contributed by atoms with van der Waals surface area (Å²) in [6.07, 6.45) is -131. The highest BCUT2D eigenvalue weighted by Gasteiger charge is 2.65.